The van der Waals surface area contributed by atoms with Crippen molar-refractivity contribution in [3.8, 4) is 5.75 Å². The average Bonchev–Trinajstić information content (AvgIpc) is 2.59. The second-order valence-electron chi connectivity index (χ2n) is 5.59. The van der Waals surface area contributed by atoms with Gasteiger partial charge in [-0.15, -0.1) is 0 Å². The molecule has 0 amide bonds. The standard InChI is InChI=1S/C19H24Cl2O4/c1-2-3-4-5-6-7-8-14-24-17(22)12-13-18(23)25-19-15(20)10-9-11-16(19)21/h9-13H,2-8,14H2,1H3/b13-12+. The molecule has 0 fully saturated rings. The van der Waals surface area contributed by atoms with Crippen molar-refractivity contribution in [2.45, 2.75) is 51.9 Å². The van der Waals surface area contributed by atoms with Gasteiger partial charge >= 0.3 is 11.9 Å². The zero-order valence-electron chi connectivity index (χ0n) is 14.4. The number of benzene rings is 1. The Morgan fingerprint density at radius 1 is 0.920 bits per heavy atom. The van der Waals surface area contributed by atoms with E-state index in [-0.39, 0.29) is 15.8 Å². The van der Waals surface area contributed by atoms with Gasteiger partial charge in [0.25, 0.3) is 0 Å². The average molecular weight is 387 g/mol. The zero-order valence-corrected chi connectivity index (χ0v) is 15.9. The molecular weight excluding hydrogens is 363 g/mol. The second-order valence-corrected chi connectivity index (χ2v) is 6.41. The van der Waals surface area contributed by atoms with E-state index < -0.39 is 11.9 Å². The van der Waals surface area contributed by atoms with Crippen LogP contribution < -0.4 is 4.74 Å². The molecule has 0 heterocycles. The molecule has 0 saturated carbocycles. The molecule has 0 spiro atoms. The molecule has 4 nitrogen and oxygen atoms in total. The third kappa shape index (κ3) is 9.51. The third-order valence-electron chi connectivity index (χ3n) is 3.47. The quantitative estimate of drug-likeness (QED) is 0.210. The molecule has 0 bridgehead atoms. The fourth-order valence-electron chi connectivity index (χ4n) is 2.13. The fourth-order valence-corrected chi connectivity index (χ4v) is 2.61. The minimum Gasteiger partial charge on any atom is -0.463 e. The molecule has 0 aromatic heterocycles. The summed E-state index contributed by atoms with van der Waals surface area (Å²) in [5.74, 6) is -1.26. The topological polar surface area (TPSA) is 52.6 Å². The third-order valence-corrected chi connectivity index (χ3v) is 4.06. The first-order valence-electron chi connectivity index (χ1n) is 8.55. The summed E-state index contributed by atoms with van der Waals surface area (Å²) in [6.45, 7) is 2.54. The Kier molecular flexibility index (Phi) is 11.0. The fraction of sp³-hybridized carbons (Fsp3) is 0.474. The molecule has 0 saturated heterocycles. The Balaban J connectivity index is 2.22. The number of hydrogen-bond donors (Lipinski definition) is 0. The lowest BCUT2D eigenvalue weighted by Crippen LogP contribution is -2.07. The summed E-state index contributed by atoms with van der Waals surface area (Å²) in [5, 5.41) is 0.437. The predicted molar refractivity (Wildman–Crippen MR) is 100 cm³/mol. The van der Waals surface area contributed by atoms with Crippen LogP contribution in [0.5, 0.6) is 5.75 Å². The Morgan fingerprint density at radius 3 is 2.12 bits per heavy atom. The van der Waals surface area contributed by atoms with Crippen LogP contribution in [-0.4, -0.2) is 18.5 Å². The van der Waals surface area contributed by atoms with E-state index >= 15 is 0 Å². The molecule has 1 aromatic carbocycles. The first kappa shape index (κ1) is 21.5. The Hall–Kier alpha value is -1.52. The smallest absolute Gasteiger partial charge is 0.336 e. The highest BCUT2D eigenvalue weighted by molar-refractivity contribution is 6.37. The van der Waals surface area contributed by atoms with Crippen molar-refractivity contribution in [1.29, 1.82) is 0 Å². The van der Waals surface area contributed by atoms with Crippen LogP contribution in [0, 0.1) is 0 Å². The van der Waals surface area contributed by atoms with Gasteiger partial charge < -0.3 is 9.47 Å². The van der Waals surface area contributed by atoms with Crippen LogP contribution in [0.1, 0.15) is 51.9 Å². The lowest BCUT2D eigenvalue weighted by Gasteiger charge is -2.05. The summed E-state index contributed by atoms with van der Waals surface area (Å²) in [5.41, 5.74) is 0. The molecule has 0 N–H and O–H groups in total. The van der Waals surface area contributed by atoms with Crippen LogP contribution in [0.2, 0.25) is 10.0 Å². The Bertz CT molecular complexity index is 565. The highest BCUT2D eigenvalue weighted by atomic mass is 35.5. The van der Waals surface area contributed by atoms with Crippen molar-refractivity contribution >= 4 is 35.1 Å². The van der Waals surface area contributed by atoms with Gasteiger partial charge in [0.2, 0.25) is 0 Å². The van der Waals surface area contributed by atoms with Crippen LogP contribution in [-0.2, 0) is 14.3 Å². The van der Waals surface area contributed by atoms with E-state index in [0.29, 0.717) is 6.61 Å². The molecule has 0 radical (unpaired) electrons. The molecule has 0 aliphatic rings. The Morgan fingerprint density at radius 2 is 1.48 bits per heavy atom. The van der Waals surface area contributed by atoms with Gasteiger partial charge in [-0.1, -0.05) is 74.7 Å². The van der Waals surface area contributed by atoms with Gasteiger partial charge in [-0.2, -0.15) is 0 Å². The van der Waals surface area contributed by atoms with Crippen LogP contribution in [0.15, 0.2) is 30.4 Å². The summed E-state index contributed by atoms with van der Waals surface area (Å²) in [6, 6.07) is 4.74. The first-order chi connectivity index (χ1) is 12.0. The van der Waals surface area contributed by atoms with Gasteiger partial charge in [-0.05, 0) is 18.6 Å². The molecular formula is C19H24Cl2O4. The van der Waals surface area contributed by atoms with Crippen LogP contribution >= 0.6 is 23.2 Å². The lowest BCUT2D eigenvalue weighted by molar-refractivity contribution is -0.138. The lowest BCUT2D eigenvalue weighted by atomic mass is 10.1. The van der Waals surface area contributed by atoms with E-state index in [2.05, 4.69) is 6.92 Å². The number of para-hydroxylation sites is 1. The molecule has 0 unspecified atom stereocenters. The number of unbranched alkanes of at least 4 members (excludes halogenated alkanes) is 6. The molecule has 138 valence electrons. The highest BCUT2D eigenvalue weighted by Crippen LogP contribution is 2.32. The normalized spacial score (nSPS) is 10.8. The molecule has 0 aliphatic carbocycles. The summed E-state index contributed by atoms with van der Waals surface area (Å²) >= 11 is 11.8. The van der Waals surface area contributed by atoms with Gasteiger partial charge in [0, 0.05) is 12.2 Å². The molecule has 0 aliphatic heterocycles. The minimum absolute atomic E-state index is 0.0666. The predicted octanol–water partition coefficient (Wildman–Crippen LogP) is 5.75. The molecule has 0 atom stereocenters. The van der Waals surface area contributed by atoms with E-state index in [1.807, 2.05) is 0 Å². The minimum atomic E-state index is -0.747. The van der Waals surface area contributed by atoms with Crippen LogP contribution in [0.4, 0.5) is 0 Å². The Labute approximate surface area is 159 Å². The van der Waals surface area contributed by atoms with E-state index in [4.69, 9.17) is 32.7 Å². The van der Waals surface area contributed by atoms with E-state index in [1.165, 1.54) is 25.7 Å². The summed E-state index contributed by atoms with van der Waals surface area (Å²) in [4.78, 5) is 23.2. The summed E-state index contributed by atoms with van der Waals surface area (Å²) in [7, 11) is 0. The maximum Gasteiger partial charge on any atom is 0.336 e. The largest absolute Gasteiger partial charge is 0.463 e. The second kappa shape index (κ2) is 12.8. The van der Waals surface area contributed by atoms with Crippen molar-refractivity contribution < 1.29 is 19.1 Å². The van der Waals surface area contributed by atoms with Crippen molar-refractivity contribution in [1.82, 2.24) is 0 Å². The van der Waals surface area contributed by atoms with Crippen LogP contribution in [0.25, 0.3) is 0 Å². The molecule has 25 heavy (non-hydrogen) atoms. The van der Waals surface area contributed by atoms with Crippen LogP contribution in [0.3, 0.4) is 0 Å². The van der Waals surface area contributed by atoms with Gasteiger partial charge in [-0.3, -0.25) is 0 Å². The van der Waals surface area contributed by atoms with Crippen molar-refractivity contribution in [3.05, 3.63) is 40.4 Å². The number of rotatable bonds is 11. The number of halogens is 2. The number of carbonyl (C=O) groups is 2. The maximum absolute atomic E-state index is 11.7. The van der Waals surface area contributed by atoms with Gasteiger partial charge in [0.1, 0.15) is 0 Å². The van der Waals surface area contributed by atoms with Crippen molar-refractivity contribution in [2.75, 3.05) is 6.61 Å². The number of ether oxygens (including phenoxy) is 2. The SMILES string of the molecule is CCCCCCCCCOC(=O)/C=C/C(=O)Oc1c(Cl)cccc1Cl. The van der Waals surface area contributed by atoms with E-state index in [1.54, 1.807) is 18.2 Å². The first-order valence-corrected chi connectivity index (χ1v) is 9.30. The van der Waals surface area contributed by atoms with E-state index in [0.717, 1.165) is 31.4 Å². The van der Waals surface area contributed by atoms with Gasteiger partial charge in [0.15, 0.2) is 5.75 Å². The van der Waals surface area contributed by atoms with Crippen molar-refractivity contribution in [3.63, 3.8) is 0 Å². The molecule has 1 rings (SSSR count). The summed E-state index contributed by atoms with van der Waals surface area (Å²) in [6.07, 6.45) is 10.0. The maximum atomic E-state index is 11.7. The molecule has 1 aromatic rings. The number of hydrogen-bond acceptors (Lipinski definition) is 4. The van der Waals surface area contributed by atoms with E-state index in [9.17, 15) is 9.59 Å². The summed E-state index contributed by atoms with van der Waals surface area (Å²) < 4.78 is 10.1. The zero-order chi connectivity index (χ0) is 18.5. The monoisotopic (exact) mass is 386 g/mol. The number of esters is 2. The highest BCUT2D eigenvalue weighted by Gasteiger charge is 2.10. The number of carbonyl (C=O) groups excluding carboxylic acids is 2. The molecule has 6 heteroatoms. The van der Waals surface area contributed by atoms with Gasteiger partial charge in [-0.25, -0.2) is 9.59 Å². The van der Waals surface area contributed by atoms with Gasteiger partial charge in [0.05, 0.1) is 16.7 Å². The van der Waals surface area contributed by atoms with Crippen molar-refractivity contribution in [2.24, 2.45) is 0 Å².